The molecule has 4 N–H and O–H groups in total. The molecular weight excluding hydrogens is 386 g/mol. The van der Waals surface area contributed by atoms with E-state index in [1.54, 1.807) is 13.3 Å². The van der Waals surface area contributed by atoms with Gasteiger partial charge in [0.1, 0.15) is 18.3 Å². The molecule has 3 unspecified atom stereocenters. The Balaban J connectivity index is 2.67. The lowest BCUT2D eigenvalue weighted by Crippen LogP contribution is -2.56. The molecule has 1 rings (SSSR count). The molecule has 0 bridgehead atoms. The highest BCUT2D eigenvalue weighted by molar-refractivity contribution is 5.62. The molecule has 0 aromatic heterocycles. The van der Waals surface area contributed by atoms with Crippen molar-refractivity contribution in [1.82, 2.24) is 0 Å². The number of hydrogen-bond acceptors (Lipinski definition) is 10. The second kappa shape index (κ2) is 14.1. The number of nitrogens with zero attached hydrogens (tertiary/aromatic N) is 1. The predicted octanol–water partition coefficient (Wildman–Crippen LogP) is -1.58. The molecule has 0 radical (unpaired) electrons. The third-order valence-electron chi connectivity index (χ3n) is 5.07. The predicted molar refractivity (Wildman–Crippen MR) is 104 cm³/mol. The van der Waals surface area contributed by atoms with Crippen molar-refractivity contribution < 1.29 is 44.2 Å². The van der Waals surface area contributed by atoms with E-state index in [-0.39, 0.29) is 39.0 Å². The summed E-state index contributed by atoms with van der Waals surface area (Å²) in [5.74, 6) is -0.827. The highest BCUT2D eigenvalue weighted by Crippen LogP contribution is 2.28. The van der Waals surface area contributed by atoms with Crippen molar-refractivity contribution in [3.8, 4) is 0 Å². The van der Waals surface area contributed by atoms with Gasteiger partial charge in [0.05, 0.1) is 51.3 Å². The molecule has 10 nitrogen and oxygen atoms in total. The molecule has 29 heavy (non-hydrogen) atoms. The van der Waals surface area contributed by atoms with Gasteiger partial charge < -0.3 is 49.2 Å². The van der Waals surface area contributed by atoms with E-state index in [1.807, 2.05) is 6.92 Å². The standard InChI is InChI=1S/C19H35NO9/c1-4-14-16(8-23)29-17(19(25)18(14)24)11-27-9-12(5-20-2)15(7-22)28-13(6-21)10-26-3/h5-6,12-19,22-25H,4,7-11H2,1-3H3/t12-,13-,14-,15?,16?,17-,18-,19?/m0/s1. The van der Waals surface area contributed by atoms with Gasteiger partial charge in [0, 0.05) is 32.2 Å². The monoisotopic (exact) mass is 421 g/mol. The maximum Gasteiger partial charge on any atom is 0.151 e. The van der Waals surface area contributed by atoms with Crippen LogP contribution in [-0.2, 0) is 23.7 Å². The number of aliphatic hydroxyl groups is 4. The van der Waals surface area contributed by atoms with E-state index < -0.39 is 42.5 Å². The normalized spacial score (nSPS) is 30.9. The lowest BCUT2D eigenvalue weighted by Gasteiger charge is -2.42. The Hall–Kier alpha value is -0.980. The lowest BCUT2D eigenvalue weighted by atomic mass is 9.85. The minimum Gasteiger partial charge on any atom is -0.394 e. The Bertz CT molecular complexity index is 477. The zero-order valence-electron chi connectivity index (χ0n) is 17.3. The van der Waals surface area contributed by atoms with Gasteiger partial charge in [-0.25, -0.2) is 0 Å². The van der Waals surface area contributed by atoms with Crippen molar-refractivity contribution >= 4 is 12.5 Å². The molecule has 0 aromatic carbocycles. The summed E-state index contributed by atoms with van der Waals surface area (Å²) in [7, 11) is 3.00. The van der Waals surface area contributed by atoms with Crippen LogP contribution in [-0.4, -0.2) is 117 Å². The molecule has 0 aliphatic carbocycles. The number of methoxy groups -OCH3 is 1. The molecule has 0 aromatic rings. The number of hydrogen-bond donors (Lipinski definition) is 4. The third kappa shape index (κ3) is 7.65. The molecule has 1 fully saturated rings. The number of carbonyl (C=O) groups is 1. The zero-order valence-corrected chi connectivity index (χ0v) is 17.3. The van der Waals surface area contributed by atoms with Gasteiger partial charge in [0.25, 0.3) is 0 Å². The van der Waals surface area contributed by atoms with Gasteiger partial charge in [-0.15, -0.1) is 0 Å². The van der Waals surface area contributed by atoms with E-state index in [0.29, 0.717) is 12.7 Å². The van der Waals surface area contributed by atoms with Crippen LogP contribution in [0.3, 0.4) is 0 Å². The van der Waals surface area contributed by atoms with Crippen LogP contribution in [0.4, 0.5) is 0 Å². The largest absolute Gasteiger partial charge is 0.394 e. The van der Waals surface area contributed by atoms with Crippen molar-refractivity contribution in [2.24, 2.45) is 16.8 Å². The van der Waals surface area contributed by atoms with Crippen molar-refractivity contribution in [1.29, 1.82) is 0 Å². The summed E-state index contributed by atoms with van der Waals surface area (Å²) in [6.07, 6.45) is -2.45. The van der Waals surface area contributed by atoms with E-state index in [0.717, 1.165) is 0 Å². The SMILES string of the molecule is CC[C@H]1C(CO)O[C@@H](COC[C@H](C=NC)C(CO)O[C@@H](C=O)COC)C(O)[C@H]1O. The van der Waals surface area contributed by atoms with Crippen LogP contribution in [0.1, 0.15) is 13.3 Å². The minimum absolute atomic E-state index is 0.0352. The van der Waals surface area contributed by atoms with Gasteiger partial charge in [0.2, 0.25) is 0 Å². The van der Waals surface area contributed by atoms with Gasteiger partial charge in [-0.05, 0) is 6.42 Å². The smallest absolute Gasteiger partial charge is 0.151 e. The van der Waals surface area contributed by atoms with Gasteiger partial charge in [-0.3, -0.25) is 0 Å². The van der Waals surface area contributed by atoms with Crippen molar-refractivity contribution in [2.75, 3.05) is 47.2 Å². The highest BCUT2D eigenvalue weighted by Gasteiger charge is 2.43. The van der Waals surface area contributed by atoms with Crippen LogP contribution in [0.5, 0.6) is 0 Å². The van der Waals surface area contributed by atoms with Crippen LogP contribution in [0.25, 0.3) is 0 Å². The number of aldehydes is 1. The molecule has 1 aliphatic rings. The molecule has 1 saturated heterocycles. The number of ether oxygens (including phenoxy) is 4. The fourth-order valence-electron chi connectivity index (χ4n) is 3.46. The molecule has 10 heteroatoms. The Morgan fingerprint density at radius 3 is 2.41 bits per heavy atom. The molecule has 8 atom stereocenters. The number of rotatable bonds is 14. The first kappa shape index (κ1) is 26.1. The molecule has 1 aliphatic heterocycles. The molecular formula is C19H35NO9. The Kier molecular flexibility index (Phi) is 12.7. The summed E-state index contributed by atoms with van der Waals surface area (Å²) < 4.78 is 21.8. The second-order valence-corrected chi connectivity index (χ2v) is 7.04. The summed E-state index contributed by atoms with van der Waals surface area (Å²) in [5, 5.41) is 39.7. The number of carbonyl (C=O) groups excluding carboxylic acids is 1. The van der Waals surface area contributed by atoms with Gasteiger partial charge in [-0.1, -0.05) is 6.92 Å². The minimum atomic E-state index is -1.15. The maximum atomic E-state index is 11.1. The topological polar surface area (TPSA) is 147 Å². The molecule has 170 valence electrons. The Morgan fingerprint density at radius 1 is 1.17 bits per heavy atom. The fourth-order valence-corrected chi connectivity index (χ4v) is 3.46. The first-order valence-corrected chi connectivity index (χ1v) is 9.80. The Morgan fingerprint density at radius 2 is 1.90 bits per heavy atom. The molecule has 1 heterocycles. The summed E-state index contributed by atoms with van der Waals surface area (Å²) >= 11 is 0. The summed E-state index contributed by atoms with van der Waals surface area (Å²) in [6.45, 7) is 1.32. The molecule has 0 amide bonds. The Labute approximate surface area is 171 Å². The van der Waals surface area contributed by atoms with Crippen molar-refractivity contribution in [3.05, 3.63) is 0 Å². The van der Waals surface area contributed by atoms with E-state index in [9.17, 15) is 25.2 Å². The molecule has 0 spiro atoms. The van der Waals surface area contributed by atoms with E-state index in [4.69, 9.17) is 18.9 Å². The van der Waals surface area contributed by atoms with E-state index in [1.165, 1.54) is 7.11 Å². The van der Waals surface area contributed by atoms with Crippen LogP contribution in [0, 0.1) is 11.8 Å². The average Bonchev–Trinajstić information content (AvgIpc) is 2.73. The maximum absolute atomic E-state index is 11.1. The van der Waals surface area contributed by atoms with Gasteiger partial charge >= 0.3 is 0 Å². The van der Waals surface area contributed by atoms with Gasteiger partial charge in [-0.2, -0.15) is 0 Å². The number of aliphatic hydroxyl groups excluding tert-OH is 4. The van der Waals surface area contributed by atoms with Crippen molar-refractivity contribution in [3.63, 3.8) is 0 Å². The fraction of sp³-hybridized carbons (Fsp3) is 0.895. The molecule has 0 saturated carbocycles. The van der Waals surface area contributed by atoms with Crippen LogP contribution in [0.2, 0.25) is 0 Å². The summed E-state index contributed by atoms with van der Waals surface area (Å²) in [6, 6.07) is 0. The lowest BCUT2D eigenvalue weighted by molar-refractivity contribution is -0.221. The second-order valence-electron chi connectivity index (χ2n) is 7.04. The van der Waals surface area contributed by atoms with Crippen LogP contribution in [0.15, 0.2) is 4.99 Å². The summed E-state index contributed by atoms with van der Waals surface area (Å²) in [4.78, 5) is 15.0. The first-order valence-electron chi connectivity index (χ1n) is 9.80. The van der Waals surface area contributed by atoms with E-state index >= 15 is 0 Å². The highest BCUT2D eigenvalue weighted by atomic mass is 16.6. The van der Waals surface area contributed by atoms with E-state index in [2.05, 4.69) is 4.99 Å². The van der Waals surface area contributed by atoms with Crippen LogP contribution >= 0.6 is 0 Å². The quantitative estimate of drug-likeness (QED) is 0.193. The number of aliphatic imine (C=N–C) groups is 1. The summed E-state index contributed by atoms with van der Waals surface area (Å²) in [5.41, 5.74) is 0. The van der Waals surface area contributed by atoms with Crippen LogP contribution < -0.4 is 0 Å². The average molecular weight is 421 g/mol. The zero-order chi connectivity index (χ0) is 21.8. The van der Waals surface area contributed by atoms with Gasteiger partial charge in [0.15, 0.2) is 6.29 Å². The first-order chi connectivity index (χ1) is 14.0. The third-order valence-corrected chi connectivity index (χ3v) is 5.07. The van der Waals surface area contributed by atoms with Crippen molar-refractivity contribution in [2.45, 2.75) is 50.0 Å².